The van der Waals surface area contributed by atoms with Gasteiger partial charge in [-0.2, -0.15) is 0 Å². The molecule has 0 aliphatic carbocycles. The van der Waals surface area contributed by atoms with Crippen LogP contribution in [0.15, 0.2) is 6.07 Å². The summed E-state index contributed by atoms with van der Waals surface area (Å²) in [5.41, 5.74) is 6.99. The summed E-state index contributed by atoms with van der Waals surface area (Å²) in [6, 6.07) is 1.85. The maximum absolute atomic E-state index is 5.75. The largest absolute Gasteiger partial charge is 0.384 e. The molecule has 3 aromatic heterocycles. The molecule has 0 saturated heterocycles. The minimum Gasteiger partial charge on any atom is -0.384 e. The van der Waals surface area contributed by atoms with Crippen molar-refractivity contribution in [2.24, 2.45) is 0 Å². The van der Waals surface area contributed by atoms with Crippen LogP contribution in [0.1, 0.15) is 5.82 Å². The standard InChI is InChI=1S/C9H8N6S/c1-3-11-7-5(9(16)12-3)2-4-6(10)14-15-8(4)13-7/h2H,1H3,(H4,10,11,12,13,14,15,16). The third-order valence-corrected chi connectivity index (χ3v) is 2.68. The Balaban J connectivity index is 2.58. The van der Waals surface area contributed by atoms with E-state index in [-0.39, 0.29) is 0 Å². The van der Waals surface area contributed by atoms with E-state index in [1.165, 1.54) is 0 Å². The van der Waals surface area contributed by atoms with Crippen LogP contribution >= 0.6 is 12.2 Å². The predicted molar refractivity (Wildman–Crippen MR) is 63.5 cm³/mol. The smallest absolute Gasteiger partial charge is 0.166 e. The summed E-state index contributed by atoms with van der Waals surface area (Å²) in [5.74, 6) is 1.15. The Labute approximate surface area is 94.9 Å². The Bertz CT molecular complexity index is 756. The van der Waals surface area contributed by atoms with Gasteiger partial charge in [-0.05, 0) is 13.0 Å². The fraction of sp³-hybridized carbons (Fsp3) is 0.111. The minimum absolute atomic E-state index is 0.498. The molecular formula is C9H8N6S. The van der Waals surface area contributed by atoms with E-state index in [2.05, 4.69) is 25.1 Å². The fourth-order valence-corrected chi connectivity index (χ4v) is 1.91. The number of nitrogens with zero attached hydrogens (tertiary/aromatic N) is 3. The van der Waals surface area contributed by atoms with Gasteiger partial charge in [0, 0.05) is 0 Å². The number of nitrogen functional groups attached to an aromatic ring is 1. The molecule has 4 N–H and O–H groups in total. The van der Waals surface area contributed by atoms with Gasteiger partial charge >= 0.3 is 0 Å². The van der Waals surface area contributed by atoms with Crippen LogP contribution in [0.2, 0.25) is 0 Å². The van der Waals surface area contributed by atoms with Crippen molar-refractivity contribution in [3.05, 3.63) is 16.5 Å². The number of hydrogen-bond donors (Lipinski definition) is 3. The van der Waals surface area contributed by atoms with Crippen molar-refractivity contribution in [2.75, 3.05) is 5.73 Å². The van der Waals surface area contributed by atoms with Gasteiger partial charge < -0.3 is 5.73 Å². The molecule has 7 heteroatoms. The molecule has 0 aromatic carbocycles. The Kier molecular flexibility index (Phi) is 1.72. The number of nitrogens with one attached hydrogen (secondary N) is 2. The minimum atomic E-state index is 0.498. The number of anilines is 1. The summed E-state index contributed by atoms with van der Waals surface area (Å²) in [6.07, 6.45) is 0. The number of nitrogens with two attached hydrogens (primary N) is 1. The molecule has 0 spiro atoms. The number of aryl methyl sites for hydroxylation is 1. The lowest BCUT2D eigenvalue weighted by Gasteiger charge is -1.98. The number of pyridine rings is 1. The second kappa shape index (κ2) is 2.99. The Morgan fingerprint density at radius 2 is 2.00 bits per heavy atom. The van der Waals surface area contributed by atoms with Crippen molar-refractivity contribution in [2.45, 2.75) is 6.92 Å². The number of hydrogen-bond acceptors (Lipinski definition) is 5. The number of H-pyrrole nitrogens is 2. The van der Waals surface area contributed by atoms with Crippen LogP contribution in [-0.2, 0) is 0 Å². The maximum Gasteiger partial charge on any atom is 0.166 e. The molecule has 0 unspecified atom stereocenters. The summed E-state index contributed by atoms with van der Waals surface area (Å²) in [5, 5.41) is 7.20. The van der Waals surface area contributed by atoms with Crippen molar-refractivity contribution >= 4 is 40.1 Å². The normalized spacial score (nSPS) is 11.3. The van der Waals surface area contributed by atoms with E-state index in [0.717, 1.165) is 10.8 Å². The van der Waals surface area contributed by atoms with Crippen LogP contribution in [0, 0.1) is 11.6 Å². The van der Waals surface area contributed by atoms with E-state index in [1.807, 2.05) is 6.07 Å². The first-order valence-corrected chi connectivity index (χ1v) is 5.07. The molecule has 0 saturated carbocycles. The molecular weight excluding hydrogens is 224 g/mol. The van der Waals surface area contributed by atoms with Crippen LogP contribution in [-0.4, -0.2) is 25.1 Å². The maximum atomic E-state index is 5.75. The van der Waals surface area contributed by atoms with E-state index in [1.54, 1.807) is 6.92 Å². The van der Waals surface area contributed by atoms with Gasteiger partial charge in [-0.3, -0.25) is 10.2 Å². The number of aromatic nitrogens is 5. The lowest BCUT2D eigenvalue weighted by Crippen LogP contribution is -1.93. The first-order valence-electron chi connectivity index (χ1n) is 4.66. The molecule has 80 valence electrons. The SMILES string of the molecule is Cc1nc(=S)c2cc3c(N)[nH][nH]c3nc2n1. The molecule has 0 radical (unpaired) electrons. The summed E-state index contributed by atoms with van der Waals surface area (Å²) < 4.78 is 0.498. The molecule has 3 rings (SSSR count). The van der Waals surface area contributed by atoms with Crippen LogP contribution < -0.4 is 5.73 Å². The molecule has 3 heterocycles. The van der Waals surface area contributed by atoms with Crippen molar-refractivity contribution in [1.29, 1.82) is 0 Å². The quantitative estimate of drug-likeness (QED) is 0.510. The third kappa shape index (κ3) is 1.18. The summed E-state index contributed by atoms with van der Waals surface area (Å²) in [6.45, 7) is 1.79. The highest BCUT2D eigenvalue weighted by atomic mass is 32.1. The average molecular weight is 232 g/mol. The summed E-state index contributed by atoms with van der Waals surface area (Å²) >= 11 is 5.17. The van der Waals surface area contributed by atoms with E-state index in [9.17, 15) is 0 Å². The molecule has 16 heavy (non-hydrogen) atoms. The molecule has 0 aliphatic heterocycles. The molecule has 0 amide bonds. The first kappa shape index (κ1) is 9.22. The zero-order chi connectivity index (χ0) is 11.3. The molecule has 0 fully saturated rings. The van der Waals surface area contributed by atoms with E-state index in [0.29, 0.717) is 27.6 Å². The fourth-order valence-electron chi connectivity index (χ4n) is 1.63. The van der Waals surface area contributed by atoms with Crippen molar-refractivity contribution in [1.82, 2.24) is 25.1 Å². The molecule has 3 aromatic rings. The topological polar surface area (TPSA) is 96.3 Å². The zero-order valence-electron chi connectivity index (χ0n) is 8.40. The monoisotopic (exact) mass is 232 g/mol. The third-order valence-electron chi connectivity index (χ3n) is 2.37. The highest BCUT2D eigenvalue weighted by Gasteiger charge is 2.07. The lowest BCUT2D eigenvalue weighted by molar-refractivity contribution is 1.06. The Morgan fingerprint density at radius 1 is 1.19 bits per heavy atom. The van der Waals surface area contributed by atoms with E-state index < -0.39 is 0 Å². The van der Waals surface area contributed by atoms with Gasteiger partial charge in [0.25, 0.3) is 0 Å². The van der Waals surface area contributed by atoms with Crippen LogP contribution in [0.5, 0.6) is 0 Å². The predicted octanol–water partition coefficient (Wildman–Crippen LogP) is 1.45. The van der Waals surface area contributed by atoms with E-state index >= 15 is 0 Å². The first-order chi connectivity index (χ1) is 7.65. The second-order valence-corrected chi connectivity index (χ2v) is 3.88. The highest BCUT2D eigenvalue weighted by Crippen LogP contribution is 2.21. The van der Waals surface area contributed by atoms with Gasteiger partial charge in [0.1, 0.15) is 16.3 Å². The van der Waals surface area contributed by atoms with Gasteiger partial charge in [-0.1, -0.05) is 12.2 Å². The van der Waals surface area contributed by atoms with Crippen molar-refractivity contribution in [3.8, 4) is 0 Å². The molecule has 0 atom stereocenters. The molecule has 0 bridgehead atoms. The Morgan fingerprint density at radius 3 is 2.81 bits per heavy atom. The summed E-state index contributed by atoms with van der Waals surface area (Å²) in [7, 11) is 0. The Hall–Kier alpha value is -2.02. The van der Waals surface area contributed by atoms with Crippen LogP contribution in [0.3, 0.4) is 0 Å². The van der Waals surface area contributed by atoms with Gasteiger partial charge in [0.15, 0.2) is 11.3 Å². The van der Waals surface area contributed by atoms with Gasteiger partial charge in [0.2, 0.25) is 0 Å². The van der Waals surface area contributed by atoms with Gasteiger partial charge in [0.05, 0.1) is 10.8 Å². The van der Waals surface area contributed by atoms with Crippen molar-refractivity contribution in [3.63, 3.8) is 0 Å². The highest BCUT2D eigenvalue weighted by molar-refractivity contribution is 7.71. The van der Waals surface area contributed by atoms with E-state index in [4.69, 9.17) is 18.0 Å². The van der Waals surface area contributed by atoms with Gasteiger partial charge in [-0.25, -0.2) is 15.0 Å². The zero-order valence-corrected chi connectivity index (χ0v) is 9.22. The van der Waals surface area contributed by atoms with Crippen LogP contribution in [0.25, 0.3) is 22.1 Å². The number of rotatable bonds is 0. The molecule has 6 nitrogen and oxygen atoms in total. The van der Waals surface area contributed by atoms with Gasteiger partial charge in [-0.15, -0.1) is 0 Å². The van der Waals surface area contributed by atoms with Crippen LogP contribution in [0.4, 0.5) is 5.82 Å². The number of fused-ring (bicyclic) bond motifs is 2. The lowest BCUT2D eigenvalue weighted by atomic mass is 10.2. The summed E-state index contributed by atoms with van der Waals surface area (Å²) in [4.78, 5) is 12.7. The number of aromatic amines is 2. The van der Waals surface area contributed by atoms with Crippen molar-refractivity contribution < 1.29 is 0 Å². The average Bonchev–Trinajstić information content (AvgIpc) is 2.57. The second-order valence-electron chi connectivity index (χ2n) is 3.50. The molecule has 0 aliphatic rings.